The van der Waals surface area contributed by atoms with Gasteiger partial charge in [-0.1, -0.05) is 17.3 Å². The first-order chi connectivity index (χ1) is 11.7. The summed E-state index contributed by atoms with van der Waals surface area (Å²) in [4.78, 5) is 0. The number of rotatable bonds is 5. The molecule has 5 nitrogen and oxygen atoms in total. The van der Waals surface area contributed by atoms with E-state index in [0.29, 0.717) is 39.6 Å². The zero-order chi connectivity index (χ0) is 17.1. The van der Waals surface area contributed by atoms with Crippen molar-refractivity contribution in [3.63, 3.8) is 0 Å². The number of benzene rings is 2. The topological polar surface area (TPSA) is 64.7 Å². The first-order valence-corrected chi connectivity index (χ1v) is 7.25. The van der Waals surface area contributed by atoms with Gasteiger partial charge in [0.05, 0.1) is 32.0 Å². The average molecular weight is 329 g/mol. The van der Waals surface area contributed by atoms with Crippen molar-refractivity contribution in [3.05, 3.63) is 53.8 Å². The third-order valence-corrected chi connectivity index (χ3v) is 3.70. The van der Waals surface area contributed by atoms with Crippen molar-refractivity contribution >= 4 is 0 Å². The molecule has 0 radical (unpaired) electrons. The maximum atomic E-state index is 13.5. The van der Waals surface area contributed by atoms with E-state index in [1.54, 1.807) is 37.4 Å². The summed E-state index contributed by atoms with van der Waals surface area (Å²) in [7, 11) is 3.09. The average Bonchev–Trinajstić information content (AvgIpc) is 3.04. The van der Waals surface area contributed by atoms with Crippen LogP contribution in [0.3, 0.4) is 0 Å². The van der Waals surface area contributed by atoms with Crippen LogP contribution in [0.1, 0.15) is 5.56 Å². The van der Waals surface area contributed by atoms with Gasteiger partial charge < -0.3 is 19.1 Å². The van der Waals surface area contributed by atoms with Gasteiger partial charge in [-0.25, -0.2) is 4.39 Å². The molecule has 6 heteroatoms. The molecule has 1 aromatic heterocycles. The fraction of sp³-hybridized carbons (Fsp3) is 0.167. The fourth-order valence-electron chi connectivity index (χ4n) is 2.52. The van der Waals surface area contributed by atoms with E-state index >= 15 is 0 Å². The number of hydrogen-bond acceptors (Lipinski definition) is 5. The summed E-state index contributed by atoms with van der Waals surface area (Å²) < 4.78 is 29.4. The van der Waals surface area contributed by atoms with Gasteiger partial charge in [-0.2, -0.15) is 0 Å². The Labute approximate surface area is 138 Å². The van der Waals surface area contributed by atoms with Crippen LogP contribution in [0.5, 0.6) is 11.5 Å². The Bertz CT molecular complexity index is 860. The van der Waals surface area contributed by atoms with Crippen molar-refractivity contribution in [2.75, 3.05) is 14.2 Å². The van der Waals surface area contributed by atoms with Gasteiger partial charge in [-0.05, 0) is 24.3 Å². The minimum absolute atomic E-state index is 0.306. The Morgan fingerprint density at radius 2 is 1.96 bits per heavy atom. The Morgan fingerprint density at radius 1 is 1.12 bits per heavy atom. The van der Waals surface area contributed by atoms with E-state index in [1.807, 2.05) is 0 Å². The van der Waals surface area contributed by atoms with E-state index in [4.69, 9.17) is 14.0 Å². The highest BCUT2D eigenvalue weighted by Gasteiger charge is 2.21. The van der Waals surface area contributed by atoms with Gasteiger partial charge in [0.25, 0.3) is 0 Å². The molecule has 0 saturated carbocycles. The molecule has 0 unspecified atom stereocenters. The molecule has 1 N–H and O–H groups in total. The third kappa shape index (κ3) is 2.83. The van der Waals surface area contributed by atoms with Gasteiger partial charge in [0, 0.05) is 11.6 Å². The van der Waals surface area contributed by atoms with Crippen molar-refractivity contribution in [2.24, 2.45) is 0 Å². The van der Waals surface area contributed by atoms with Crippen molar-refractivity contribution in [2.45, 2.75) is 6.61 Å². The van der Waals surface area contributed by atoms with Crippen LogP contribution in [0.15, 0.2) is 47.0 Å². The summed E-state index contributed by atoms with van der Waals surface area (Å²) in [6.45, 7) is -0.306. The molecule has 0 aliphatic carbocycles. The SMILES string of the molecule is COc1ccc(-c2onc(-c3cccc(F)c3)c2CO)c(OC)c1. The number of halogens is 1. The Morgan fingerprint density at radius 3 is 2.62 bits per heavy atom. The van der Waals surface area contributed by atoms with Crippen LogP contribution in [-0.4, -0.2) is 24.5 Å². The number of nitrogens with zero attached hydrogens (tertiary/aromatic N) is 1. The number of aromatic nitrogens is 1. The van der Waals surface area contributed by atoms with E-state index in [1.165, 1.54) is 19.2 Å². The predicted octanol–water partition coefficient (Wildman–Crippen LogP) is 3.66. The molecule has 0 aliphatic heterocycles. The quantitative estimate of drug-likeness (QED) is 0.774. The minimum atomic E-state index is -0.386. The molecular formula is C18H16FNO4. The van der Waals surface area contributed by atoms with E-state index in [2.05, 4.69) is 5.16 Å². The summed E-state index contributed by atoms with van der Waals surface area (Å²) in [5.41, 5.74) is 2.01. The standard InChI is InChI=1S/C18H16FNO4/c1-22-13-6-7-14(16(9-13)23-2)18-15(10-21)17(20-24-18)11-4-3-5-12(19)8-11/h3-9,21H,10H2,1-2H3. The van der Waals surface area contributed by atoms with Crippen LogP contribution in [0, 0.1) is 5.82 Å². The van der Waals surface area contributed by atoms with Crippen LogP contribution in [0.25, 0.3) is 22.6 Å². The maximum absolute atomic E-state index is 13.5. The van der Waals surface area contributed by atoms with Crippen LogP contribution in [-0.2, 0) is 6.61 Å². The van der Waals surface area contributed by atoms with Crippen molar-refractivity contribution in [1.82, 2.24) is 5.16 Å². The Hall–Kier alpha value is -2.86. The molecule has 124 valence electrons. The van der Waals surface area contributed by atoms with E-state index in [0.717, 1.165) is 0 Å². The Kier molecular flexibility index (Phi) is 4.48. The highest BCUT2D eigenvalue weighted by molar-refractivity contribution is 5.76. The smallest absolute Gasteiger partial charge is 0.176 e. The van der Waals surface area contributed by atoms with E-state index in [-0.39, 0.29) is 12.4 Å². The fourth-order valence-corrected chi connectivity index (χ4v) is 2.52. The summed E-state index contributed by atoms with van der Waals surface area (Å²) in [5.74, 6) is 1.14. The molecule has 0 fully saturated rings. The van der Waals surface area contributed by atoms with Crippen LogP contribution >= 0.6 is 0 Å². The van der Waals surface area contributed by atoms with Crippen molar-refractivity contribution < 1.29 is 23.5 Å². The molecule has 0 atom stereocenters. The lowest BCUT2D eigenvalue weighted by Crippen LogP contribution is -1.93. The lowest BCUT2D eigenvalue weighted by Gasteiger charge is -2.09. The maximum Gasteiger partial charge on any atom is 0.176 e. The molecule has 2 aromatic carbocycles. The normalized spacial score (nSPS) is 10.7. The number of methoxy groups -OCH3 is 2. The number of ether oxygens (including phenoxy) is 2. The highest BCUT2D eigenvalue weighted by Crippen LogP contribution is 2.38. The van der Waals surface area contributed by atoms with Crippen molar-refractivity contribution in [1.29, 1.82) is 0 Å². The number of aliphatic hydroxyl groups excluding tert-OH is 1. The minimum Gasteiger partial charge on any atom is -0.497 e. The highest BCUT2D eigenvalue weighted by atomic mass is 19.1. The van der Waals surface area contributed by atoms with Crippen molar-refractivity contribution in [3.8, 4) is 34.1 Å². The molecule has 3 aromatic rings. The van der Waals surface area contributed by atoms with E-state index < -0.39 is 0 Å². The van der Waals surface area contributed by atoms with Gasteiger partial charge in [0.2, 0.25) is 0 Å². The van der Waals surface area contributed by atoms with Crippen LogP contribution < -0.4 is 9.47 Å². The predicted molar refractivity (Wildman–Crippen MR) is 86.4 cm³/mol. The number of aliphatic hydroxyl groups is 1. The Balaban J connectivity index is 2.14. The molecular weight excluding hydrogens is 313 g/mol. The number of hydrogen-bond donors (Lipinski definition) is 1. The summed E-state index contributed by atoms with van der Waals surface area (Å²) >= 11 is 0. The first-order valence-electron chi connectivity index (χ1n) is 7.25. The second-order valence-corrected chi connectivity index (χ2v) is 5.07. The zero-order valence-corrected chi connectivity index (χ0v) is 13.2. The van der Waals surface area contributed by atoms with Crippen LogP contribution in [0.4, 0.5) is 4.39 Å². The van der Waals surface area contributed by atoms with E-state index in [9.17, 15) is 9.50 Å². The summed E-state index contributed by atoms with van der Waals surface area (Å²) in [6.07, 6.45) is 0. The zero-order valence-electron chi connectivity index (χ0n) is 13.2. The monoisotopic (exact) mass is 329 g/mol. The summed E-state index contributed by atoms with van der Waals surface area (Å²) in [5, 5.41) is 13.8. The van der Waals surface area contributed by atoms with Gasteiger partial charge in [-0.15, -0.1) is 0 Å². The van der Waals surface area contributed by atoms with Gasteiger partial charge in [0.15, 0.2) is 5.76 Å². The van der Waals surface area contributed by atoms with Gasteiger partial charge in [-0.3, -0.25) is 0 Å². The van der Waals surface area contributed by atoms with Gasteiger partial charge >= 0.3 is 0 Å². The first kappa shape index (κ1) is 16.0. The molecule has 0 spiro atoms. The third-order valence-electron chi connectivity index (χ3n) is 3.70. The largest absolute Gasteiger partial charge is 0.497 e. The molecule has 0 saturated heterocycles. The molecule has 0 aliphatic rings. The molecule has 24 heavy (non-hydrogen) atoms. The lowest BCUT2D eigenvalue weighted by molar-refractivity contribution is 0.281. The second kappa shape index (κ2) is 6.72. The summed E-state index contributed by atoms with van der Waals surface area (Å²) in [6, 6.07) is 11.2. The molecule has 0 bridgehead atoms. The van der Waals surface area contributed by atoms with Gasteiger partial charge in [0.1, 0.15) is 23.0 Å². The molecule has 1 heterocycles. The molecule has 0 amide bonds. The van der Waals surface area contributed by atoms with Crippen LogP contribution in [0.2, 0.25) is 0 Å². The lowest BCUT2D eigenvalue weighted by atomic mass is 10.0. The molecule has 3 rings (SSSR count). The second-order valence-electron chi connectivity index (χ2n) is 5.07.